The summed E-state index contributed by atoms with van der Waals surface area (Å²) in [5.41, 5.74) is 0. The quantitative estimate of drug-likeness (QED) is 0.456. The molecule has 24 heavy (non-hydrogen) atoms. The Balaban J connectivity index is 1.06. The van der Waals surface area contributed by atoms with E-state index >= 15 is 0 Å². The molecule has 2 aliphatic carbocycles. The lowest BCUT2D eigenvalue weighted by Gasteiger charge is -2.25. The van der Waals surface area contributed by atoms with Crippen LogP contribution in [0, 0.1) is 0 Å². The molecular weight excluding hydrogens is 304 g/mol. The molecule has 0 aromatic rings. The maximum absolute atomic E-state index is 9.62. The highest BCUT2D eigenvalue weighted by molar-refractivity contribution is 4.92. The fourth-order valence-corrected chi connectivity index (χ4v) is 4.20. The number of ether oxygens (including phenoxy) is 3. The van der Waals surface area contributed by atoms with Crippen molar-refractivity contribution < 1.29 is 19.3 Å². The van der Waals surface area contributed by atoms with Gasteiger partial charge < -0.3 is 19.3 Å². The van der Waals surface area contributed by atoms with E-state index in [9.17, 15) is 5.11 Å². The lowest BCUT2D eigenvalue weighted by Crippen LogP contribution is -2.26. The molecule has 140 valence electrons. The Morgan fingerprint density at radius 1 is 0.708 bits per heavy atom. The van der Waals surface area contributed by atoms with Crippen LogP contribution in [-0.4, -0.2) is 48.8 Å². The van der Waals surface area contributed by atoms with Crippen molar-refractivity contribution in [2.24, 2.45) is 0 Å². The molecule has 4 nitrogen and oxygen atoms in total. The lowest BCUT2D eigenvalue weighted by atomic mass is 9.95. The van der Waals surface area contributed by atoms with Crippen LogP contribution in [0.25, 0.3) is 0 Å². The van der Waals surface area contributed by atoms with Crippen molar-refractivity contribution in [3.05, 3.63) is 0 Å². The smallest absolute Gasteiger partial charge is 0.0866 e. The molecule has 3 rings (SSSR count). The predicted molar refractivity (Wildman–Crippen MR) is 94.2 cm³/mol. The van der Waals surface area contributed by atoms with E-state index in [2.05, 4.69) is 0 Å². The molecule has 5 unspecified atom stereocenters. The molecule has 1 aliphatic heterocycles. The summed E-state index contributed by atoms with van der Waals surface area (Å²) in [7, 11) is 0. The summed E-state index contributed by atoms with van der Waals surface area (Å²) in [5.74, 6) is 0. The maximum atomic E-state index is 9.62. The van der Waals surface area contributed by atoms with Crippen molar-refractivity contribution in [3.8, 4) is 0 Å². The highest BCUT2D eigenvalue weighted by atomic mass is 16.6. The van der Waals surface area contributed by atoms with Crippen molar-refractivity contribution in [1.82, 2.24) is 0 Å². The minimum Gasteiger partial charge on any atom is -0.393 e. The molecule has 0 aromatic carbocycles. The molecule has 5 atom stereocenters. The molecule has 4 heteroatoms. The van der Waals surface area contributed by atoms with Gasteiger partial charge in [0.25, 0.3) is 0 Å². The SMILES string of the molecule is OC1CCCC(OCCCCCCCCOC2CCC3OC3C2)C1. The number of unbranched alkanes of at least 4 members (excludes halogenated alkanes) is 5. The van der Waals surface area contributed by atoms with Crippen LogP contribution in [0.1, 0.15) is 83.5 Å². The van der Waals surface area contributed by atoms with Gasteiger partial charge in [0.15, 0.2) is 0 Å². The summed E-state index contributed by atoms with van der Waals surface area (Å²) >= 11 is 0. The topological polar surface area (TPSA) is 51.2 Å². The Hall–Kier alpha value is -0.160. The molecule has 3 aliphatic rings. The zero-order valence-corrected chi connectivity index (χ0v) is 15.2. The summed E-state index contributed by atoms with van der Waals surface area (Å²) in [6.45, 7) is 1.79. The van der Waals surface area contributed by atoms with Crippen molar-refractivity contribution >= 4 is 0 Å². The molecule has 0 radical (unpaired) electrons. The molecule has 0 aromatic heterocycles. The van der Waals surface area contributed by atoms with Crippen LogP contribution >= 0.6 is 0 Å². The van der Waals surface area contributed by atoms with Crippen LogP contribution in [-0.2, 0) is 14.2 Å². The van der Waals surface area contributed by atoms with Crippen LogP contribution in [0.15, 0.2) is 0 Å². The Labute approximate surface area is 147 Å². The standard InChI is InChI=1S/C20H36O4/c21-16-8-7-9-17(14-16)22-12-5-3-1-2-4-6-13-23-18-10-11-19-20(15-18)24-19/h16-21H,1-15H2. The van der Waals surface area contributed by atoms with Crippen molar-refractivity contribution in [2.45, 2.75) is 114 Å². The minimum absolute atomic E-state index is 0.127. The first-order valence-electron chi connectivity index (χ1n) is 10.4. The van der Waals surface area contributed by atoms with Gasteiger partial charge in [-0.15, -0.1) is 0 Å². The average molecular weight is 341 g/mol. The third-order valence-corrected chi connectivity index (χ3v) is 5.80. The second-order valence-corrected chi connectivity index (χ2v) is 7.95. The van der Waals surface area contributed by atoms with E-state index in [0.29, 0.717) is 24.4 Å². The Bertz CT molecular complexity index is 335. The van der Waals surface area contributed by atoms with Crippen molar-refractivity contribution in [2.75, 3.05) is 13.2 Å². The molecule has 0 spiro atoms. The molecule has 0 bridgehead atoms. The number of hydrogen-bond acceptors (Lipinski definition) is 4. The average Bonchev–Trinajstić information content (AvgIpc) is 3.35. The normalized spacial score (nSPS) is 35.6. The van der Waals surface area contributed by atoms with Gasteiger partial charge in [-0.05, 0) is 51.4 Å². The van der Waals surface area contributed by atoms with Crippen molar-refractivity contribution in [3.63, 3.8) is 0 Å². The van der Waals surface area contributed by atoms with Gasteiger partial charge in [0.2, 0.25) is 0 Å². The molecule has 1 heterocycles. The van der Waals surface area contributed by atoms with E-state index in [0.717, 1.165) is 51.7 Å². The Morgan fingerprint density at radius 3 is 2.04 bits per heavy atom. The summed E-state index contributed by atoms with van der Waals surface area (Å²) < 4.78 is 17.4. The zero-order chi connectivity index (χ0) is 16.6. The van der Waals surface area contributed by atoms with Crippen LogP contribution in [0.3, 0.4) is 0 Å². The molecule has 1 N–H and O–H groups in total. The van der Waals surface area contributed by atoms with Gasteiger partial charge in [0.05, 0.1) is 30.5 Å². The van der Waals surface area contributed by atoms with E-state index < -0.39 is 0 Å². The summed E-state index contributed by atoms with van der Waals surface area (Å²) in [5, 5.41) is 9.62. The zero-order valence-electron chi connectivity index (χ0n) is 15.2. The monoisotopic (exact) mass is 340 g/mol. The predicted octanol–water partition coefficient (Wildman–Crippen LogP) is 3.98. The fraction of sp³-hybridized carbons (Fsp3) is 1.00. The second kappa shape index (κ2) is 10.1. The molecular formula is C20H36O4. The first-order valence-corrected chi connectivity index (χ1v) is 10.4. The molecule has 3 fully saturated rings. The molecule has 0 amide bonds. The number of fused-ring (bicyclic) bond motifs is 1. The Morgan fingerprint density at radius 2 is 1.38 bits per heavy atom. The van der Waals surface area contributed by atoms with Crippen LogP contribution < -0.4 is 0 Å². The highest BCUT2D eigenvalue weighted by Gasteiger charge is 2.44. The van der Waals surface area contributed by atoms with Gasteiger partial charge >= 0.3 is 0 Å². The third-order valence-electron chi connectivity index (χ3n) is 5.80. The second-order valence-electron chi connectivity index (χ2n) is 7.95. The number of rotatable bonds is 11. The lowest BCUT2D eigenvalue weighted by molar-refractivity contribution is -0.0157. The van der Waals surface area contributed by atoms with Gasteiger partial charge in [-0.1, -0.05) is 25.7 Å². The van der Waals surface area contributed by atoms with Crippen LogP contribution in [0.4, 0.5) is 0 Å². The van der Waals surface area contributed by atoms with E-state index in [1.54, 1.807) is 0 Å². The van der Waals surface area contributed by atoms with E-state index in [1.807, 2.05) is 0 Å². The maximum Gasteiger partial charge on any atom is 0.0866 e. The summed E-state index contributed by atoms with van der Waals surface area (Å²) in [4.78, 5) is 0. The highest BCUT2D eigenvalue weighted by Crippen LogP contribution is 2.37. The van der Waals surface area contributed by atoms with Gasteiger partial charge in [-0.3, -0.25) is 0 Å². The summed E-state index contributed by atoms with van der Waals surface area (Å²) in [6.07, 6.45) is 16.8. The van der Waals surface area contributed by atoms with E-state index in [4.69, 9.17) is 14.2 Å². The largest absolute Gasteiger partial charge is 0.393 e. The van der Waals surface area contributed by atoms with Gasteiger partial charge in [-0.25, -0.2) is 0 Å². The van der Waals surface area contributed by atoms with Crippen molar-refractivity contribution in [1.29, 1.82) is 0 Å². The first-order chi connectivity index (χ1) is 11.8. The fourth-order valence-electron chi connectivity index (χ4n) is 4.20. The third kappa shape index (κ3) is 6.62. The number of aliphatic hydroxyl groups is 1. The van der Waals surface area contributed by atoms with Crippen LogP contribution in [0.2, 0.25) is 0 Å². The van der Waals surface area contributed by atoms with Gasteiger partial charge in [0.1, 0.15) is 0 Å². The summed E-state index contributed by atoms with van der Waals surface area (Å²) in [6, 6.07) is 0. The first kappa shape index (κ1) is 18.6. The van der Waals surface area contributed by atoms with Crippen LogP contribution in [0.5, 0.6) is 0 Å². The number of aliphatic hydroxyl groups excluding tert-OH is 1. The minimum atomic E-state index is -0.127. The molecule has 1 saturated heterocycles. The number of epoxide rings is 1. The number of hydrogen-bond donors (Lipinski definition) is 1. The van der Waals surface area contributed by atoms with E-state index in [1.165, 1.54) is 44.9 Å². The van der Waals surface area contributed by atoms with Gasteiger partial charge in [0, 0.05) is 19.6 Å². The van der Waals surface area contributed by atoms with E-state index in [-0.39, 0.29) is 6.10 Å². The Kier molecular flexibility index (Phi) is 7.84. The van der Waals surface area contributed by atoms with Gasteiger partial charge in [-0.2, -0.15) is 0 Å². The molecule has 2 saturated carbocycles.